The molecule has 10 heteroatoms. The predicted molar refractivity (Wildman–Crippen MR) is 157 cm³/mol. The van der Waals surface area contributed by atoms with Crippen molar-refractivity contribution in [3.8, 4) is 0 Å². The molecule has 0 aliphatic heterocycles. The topological polar surface area (TPSA) is 86.8 Å². The number of sulfonamides is 1. The Morgan fingerprint density at radius 2 is 1.62 bits per heavy atom. The summed E-state index contributed by atoms with van der Waals surface area (Å²) in [5.74, 6) is -0.853. The van der Waals surface area contributed by atoms with Gasteiger partial charge >= 0.3 is 0 Å². The number of unbranched alkanes of at least 4 members (excludes halogenated alkanes) is 1. The molecule has 1 atom stereocenters. The van der Waals surface area contributed by atoms with Crippen molar-refractivity contribution >= 4 is 50.7 Å². The maximum absolute atomic E-state index is 13.9. The molecule has 0 heterocycles. The number of rotatable bonds is 12. The lowest BCUT2D eigenvalue weighted by Crippen LogP contribution is -2.51. The summed E-state index contributed by atoms with van der Waals surface area (Å²) in [6.07, 6.45) is 1.72. The van der Waals surface area contributed by atoms with E-state index >= 15 is 0 Å². The molecule has 0 fully saturated rings. The summed E-state index contributed by atoms with van der Waals surface area (Å²) in [6.45, 7) is 5.58. The molecule has 0 saturated carbocycles. The van der Waals surface area contributed by atoms with Crippen LogP contribution < -0.4 is 9.62 Å². The van der Waals surface area contributed by atoms with Gasteiger partial charge in [0.25, 0.3) is 10.0 Å². The molecule has 0 saturated heterocycles. The monoisotopic (exact) mass is 589 g/mol. The van der Waals surface area contributed by atoms with Gasteiger partial charge in [0, 0.05) is 13.1 Å². The van der Waals surface area contributed by atoms with Gasteiger partial charge in [-0.25, -0.2) is 8.42 Å². The lowest BCUT2D eigenvalue weighted by molar-refractivity contribution is -0.139. The first kappa shape index (κ1) is 30.5. The summed E-state index contributed by atoms with van der Waals surface area (Å²) in [7, 11) is -4.18. The smallest absolute Gasteiger partial charge is 0.264 e. The molecule has 0 aliphatic rings. The molecule has 2 amide bonds. The molecule has 39 heavy (non-hydrogen) atoms. The Morgan fingerprint density at radius 3 is 2.23 bits per heavy atom. The van der Waals surface area contributed by atoms with Crippen molar-refractivity contribution in [1.82, 2.24) is 10.2 Å². The van der Waals surface area contributed by atoms with E-state index in [1.807, 2.05) is 44.2 Å². The summed E-state index contributed by atoms with van der Waals surface area (Å²) < 4.78 is 28.7. The van der Waals surface area contributed by atoms with E-state index in [1.165, 1.54) is 35.2 Å². The van der Waals surface area contributed by atoms with Crippen LogP contribution in [-0.2, 0) is 26.2 Å². The Balaban J connectivity index is 2.01. The minimum absolute atomic E-state index is 0.0203. The number of carbonyl (C=O) groups is 2. The van der Waals surface area contributed by atoms with Gasteiger partial charge in [-0.2, -0.15) is 0 Å². The fourth-order valence-electron chi connectivity index (χ4n) is 3.91. The van der Waals surface area contributed by atoms with Crippen molar-refractivity contribution in [3.05, 3.63) is 94.0 Å². The molecule has 0 aromatic heterocycles. The molecule has 3 aromatic rings. The Labute approximate surface area is 240 Å². The van der Waals surface area contributed by atoms with E-state index in [0.717, 1.165) is 28.3 Å². The van der Waals surface area contributed by atoms with E-state index in [9.17, 15) is 18.0 Å². The van der Waals surface area contributed by atoms with E-state index in [1.54, 1.807) is 19.1 Å². The van der Waals surface area contributed by atoms with E-state index in [0.29, 0.717) is 6.54 Å². The van der Waals surface area contributed by atoms with Crippen molar-refractivity contribution in [1.29, 1.82) is 0 Å². The molecular formula is C29H33Cl2N3O4S. The lowest BCUT2D eigenvalue weighted by Gasteiger charge is -2.32. The van der Waals surface area contributed by atoms with Gasteiger partial charge in [0.05, 0.1) is 20.6 Å². The van der Waals surface area contributed by atoms with Crippen LogP contribution in [0.15, 0.2) is 77.7 Å². The molecule has 0 unspecified atom stereocenters. The molecule has 1 N–H and O–H groups in total. The Hall–Kier alpha value is -3.07. The van der Waals surface area contributed by atoms with Crippen LogP contribution in [0.3, 0.4) is 0 Å². The number of amides is 2. The van der Waals surface area contributed by atoms with Gasteiger partial charge < -0.3 is 10.2 Å². The summed E-state index contributed by atoms with van der Waals surface area (Å²) in [6, 6.07) is 19.1. The number of anilines is 1. The molecular weight excluding hydrogens is 557 g/mol. The van der Waals surface area contributed by atoms with Crippen molar-refractivity contribution in [2.45, 2.75) is 51.1 Å². The number of hydrogen-bond acceptors (Lipinski definition) is 4. The number of nitrogens with zero attached hydrogens (tertiary/aromatic N) is 2. The fraction of sp³-hybridized carbons (Fsp3) is 0.310. The second-order valence-corrected chi connectivity index (χ2v) is 11.9. The highest BCUT2D eigenvalue weighted by molar-refractivity contribution is 7.92. The Bertz CT molecular complexity index is 1380. The van der Waals surface area contributed by atoms with E-state index in [-0.39, 0.29) is 33.1 Å². The van der Waals surface area contributed by atoms with Crippen molar-refractivity contribution in [2.75, 3.05) is 17.4 Å². The molecule has 3 rings (SSSR count). The highest BCUT2D eigenvalue weighted by Crippen LogP contribution is 2.31. The standard InChI is InChI=1S/C29H33Cl2N3O4S/c1-4-5-17-32-29(36)22(3)33(19-23-9-7-6-8-10-23)28(35)20-34(24-13-16-26(30)27(31)18-24)39(37,38)25-14-11-21(2)12-15-25/h6-16,18,22H,4-5,17,19-20H2,1-3H3,(H,32,36)/t22-/m1/s1. The molecule has 208 valence electrons. The fourth-order valence-corrected chi connectivity index (χ4v) is 5.60. The summed E-state index contributed by atoms with van der Waals surface area (Å²) in [5.41, 5.74) is 1.88. The van der Waals surface area contributed by atoms with Crippen LogP contribution in [0.4, 0.5) is 5.69 Å². The number of halogens is 2. The molecule has 7 nitrogen and oxygen atoms in total. The van der Waals surface area contributed by atoms with Gasteiger partial charge in [0.1, 0.15) is 12.6 Å². The van der Waals surface area contributed by atoms with Crippen LogP contribution in [0.5, 0.6) is 0 Å². The average Bonchev–Trinajstić information content (AvgIpc) is 2.92. The first-order valence-electron chi connectivity index (χ1n) is 12.7. The van der Waals surface area contributed by atoms with E-state index < -0.39 is 28.5 Å². The van der Waals surface area contributed by atoms with E-state index in [2.05, 4.69) is 5.32 Å². The van der Waals surface area contributed by atoms with Crippen LogP contribution in [0, 0.1) is 6.92 Å². The average molecular weight is 591 g/mol. The molecule has 0 aliphatic carbocycles. The van der Waals surface area contributed by atoms with Gasteiger partial charge in [-0.05, 0) is 56.2 Å². The zero-order chi connectivity index (χ0) is 28.6. The van der Waals surface area contributed by atoms with Crippen LogP contribution in [0.1, 0.15) is 37.8 Å². The largest absolute Gasteiger partial charge is 0.354 e. The number of hydrogen-bond donors (Lipinski definition) is 1. The van der Waals surface area contributed by atoms with E-state index in [4.69, 9.17) is 23.2 Å². The Morgan fingerprint density at radius 1 is 0.949 bits per heavy atom. The SMILES string of the molecule is CCCCNC(=O)[C@@H](C)N(Cc1ccccc1)C(=O)CN(c1ccc(Cl)c(Cl)c1)S(=O)(=O)c1ccc(C)cc1. The van der Waals surface area contributed by atoms with Crippen molar-refractivity contribution < 1.29 is 18.0 Å². The molecule has 0 radical (unpaired) electrons. The summed E-state index contributed by atoms with van der Waals surface area (Å²) in [5, 5.41) is 3.27. The van der Waals surface area contributed by atoms with Gasteiger partial charge in [0.2, 0.25) is 11.8 Å². The second kappa shape index (κ2) is 13.8. The van der Waals surface area contributed by atoms with Crippen LogP contribution in [-0.4, -0.2) is 44.3 Å². The number of carbonyl (C=O) groups excluding carboxylic acids is 2. The predicted octanol–water partition coefficient (Wildman–Crippen LogP) is 5.83. The van der Waals surface area contributed by atoms with Gasteiger partial charge in [-0.1, -0.05) is 84.6 Å². The number of aryl methyl sites for hydroxylation is 1. The third-order valence-electron chi connectivity index (χ3n) is 6.27. The maximum Gasteiger partial charge on any atom is 0.264 e. The quantitative estimate of drug-likeness (QED) is 0.269. The molecule has 0 bridgehead atoms. The Kier molecular flexibility index (Phi) is 10.8. The first-order valence-corrected chi connectivity index (χ1v) is 14.9. The maximum atomic E-state index is 13.9. The van der Waals surface area contributed by atoms with Crippen molar-refractivity contribution in [2.24, 2.45) is 0 Å². The van der Waals surface area contributed by atoms with Crippen LogP contribution >= 0.6 is 23.2 Å². The third-order valence-corrected chi connectivity index (χ3v) is 8.80. The summed E-state index contributed by atoms with van der Waals surface area (Å²) in [4.78, 5) is 28.3. The minimum Gasteiger partial charge on any atom is -0.354 e. The minimum atomic E-state index is -4.18. The first-order chi connectivity index (χ1) is 18.5. The summed E-state index contributed by atoms with van der Waals surface area (Å²) >= 11 is 12.3. The molecule has 3 aromatic carbocycles. The van der Waals surface area contributed by atoms with Gasteiger partial charge in [0.15, 0.2) is 0 Å². The zero-order valence-electron chi connectivity index (χ0n) is 22.2. The number of nitrogens with one attached hydrogen (secondary N) is 1. The third kappa shape index (κ3) is 7.97. The van der Waals surface area contributed by atoms with Crippen LogP contribution in [0.2, 0.25) is 10.0 Å². The van der Waals surface area contributed by atoms with Crippen LogP contribution in [0.25, 0.3) is 0 Å². The van der Waals surface area contributed by atoms with Gasteiger partial charge in [-0.3, -0.25) is 13.9 Å². The van der Waals surface area contributed by atoms with Crippen molar-refractivity contribution in [3.63, 3.8) is 0 Å². The highest BCUT2D eigenvalue weighted by atomic mass is 35.5. The highest BCUT2D eigenvalue weighted by Gasteiger charge is 2.32. The normalized spacial score (nSPS) is 12.0. The second-order valence-electron chi connectivity index (χ2n) is 9.25. The lowest BCUT2D eigenvalue weighted by atomic mass is 10.1. The van der Waals surface area contributed by atoms with Gasteiger partial charge in [-0.15, -0.1) is 0 Å². The molecule has 0 spiro atoms. The zero-order valence-corrected chi connectivity index (χ0v) is 24.6. The number of benzene rings is 3.